The normalized spacial score (nSPS) is 15.1. The minimum absolute atomic E-state index is 0.315. The molecule has 0 fully saturated rings. The highest BCUT2D eigenvalue weighted by molar-refractivity contribution is 5.41. The van der Waals surface area contributed by atoms with E-state index in [1.807, 2.05) is 25.0 Å². The van der Waals surface area contributed by atoms with Crippen molar-refractivity contribution in [2.45, 2.75) is 18.9 Å². The molecule has 1 aromatic carbocycles. The number of hydrogen-bond donors (Lipinski definition) is 1. The van der Waals surface area contributed by atoms with E-state index in [-0.39, 0.29) is 0 Å². The fourth-order valence-electron chi connectivity index (χ4n) is 2.62. The van der Waals surface area contributed by atoms with E-state index < -0.39 is 0 Å². The molecular weight excluding hydrogens is 238 g/mol. The first-order chi connectivity index (χ1) is 9.26. The third kappa shape index (κ3) is 2.49. The summed E-state index contributed by atoms with van der Waals surface area (Å²) < 4.78 is 7.40. The van der Waals surface area contributed by atoms with E-state index in [0.29, 0.717) is 6.04 Å². The molecular formula is C15H19N3O. The Morgan fingerprint density at radius 2 is 2.37 bits per heavy atom. The number of nitrogens with one attached hydrogen (secondary N) is 1. The topological polar surface area (TPSA) is 39.1 Å². The van der Waals surface area contributed by atoms with E-state index in [0.717, 1.165) is 25.2 Å². The lowest BCUT2D eigenvalue weighted by molar-refractivity contribution is 0.356. The molecule has 1 N–H and O–H groups in total. The van der Waals surface area contributed by atoms with Crippen molar-refractivity contribution in [1.82, 2.24) is 15.1 Å². The van der Waals surface area contributed by atoms with Gasteiger partial charge >= 0.3 is 0 Å². The number of aryl methyl sites for hydroxylation is 1. The Labute approximate surface area is 113 Å². The Bertz CT molecular complexity index is 577. The van der Waals surface area contributed by atoms with E-state index >= 15 is 0 Å². The van der Waals surface area contributed by atoms with Crippen LogP contribution in [-0.4, -0.2) is 23.4 Å². The first kappa shape index (κ1) is 12.2. The van der Waals surface area contributed by atoms with Gasteiger partial charge in [0.2, 0.25) is 0 Å². The SMILES string of the molecule is CNC(Cc1cnn(C)c1)c1ccc2c(c1)CCO2. The van der Waals surface area contributed by atoms with Crippen LogP contribution < -0.4 is 10.1 Å². The van der Waals surface area contributed by atoms with Gasteiger partial charge in [-0.3, -0.25) is 4.68 Å². The molecule has 100 valence electrons. The monoisotopic (exact) mass is 257 g/mol. The van der Waals surface area contributed by atoms with Gasteiger partial charge in [-0.1, -0.05) is 12.1 Å². The van der Waals surface area contributed by atoms with E-state index in [1.165, 1.54) is 16.7 Å². The lowest BCUT2D eigenvalue weighted by Crippen LogP contribution is -2.18. The van der Waals surface area contributed by atoms with E-state index in [9.17, 15) is 0 Å². The molecule has 0 saturated heterocycles. The Hall–Kier alpha value is -1.81. The number of aromatic nitrogens is 2. The van der Waals surface area contributed by atoms with Crippen molar-refractivity contribution in [1.29, 1.82) is 0 Å². The molecule has 0 bridgehead atoms. The smallest absolute Gasteiger partial charge is 0.122 e. The first-order valence-corrected chi connectivity index (χ1v) is 6.66. The Balaban J connectivity index is 1.82. The molecule has 2 aromatic rings. The second-order valence-corrected chi connectivity index (χ2v) is 5.03. The van der Waals surface area contributed by atoms with Crippen molar-refractivity contribution in [3.63, 3.8) is 0 Å². The van der Waals surface area contributed by atoms with Crippen LogP contribution in [0.25, 0.3) is 0 Å². The Kier molecular flexibility index (Phi) is 3.25. The van der Waals surface area contributed by atoms with Crippen LogP contribution in [0, 0.1) is 0 Å². The average molecular weight is 257 g/mol. The molecule has 0 saturated carbocycles. The second kappa shape index (κ2) is 5.05. The lowest BCUT2D eigenvalue weighted by Gasteiger charge is -2.16. The third-order valence-corrected chi connectivity index (χ3v) is 3.66. The third-order valence-electron chi connectivity index (χ3n) is 3.66. The number of hydrogen-bond acceptors (Lipinski definition) is 3. The van der Waals surface area contributed by atoms with Crippen molar-refractivity contribution in [2.24, 2.45) is 7.05 Å². The molecule has 0 amide bonds. The predicted octanol–water partition coefficient (Wildman–Crippen LogP) is 1.86. The van der Waals surface area contributed by atoms with E-state index in [1.54, 1.807) is 0 Å². The number of nitrogens with zero attached hydrogens (tertiary/aromatic N) is 2. The number of fused-ring (bicyclic) bond motifs is 1. The van der Waals surface area contributed by atoms with Gasteiger partial charge in [0.25, 0.3) is 0 Å². The van der Waals surface area contributed by atoms with E-state index in [2.05, 4.69) is 34.8 Å². The van der Waals surface area contributed by atoms with Gasteiger partial charge in [-0.05, 0) is 36.2 Å². The van der Waals surface area contributed by atoms with Crippen LogP contribution in [0.2, 0.25) is 0 Å². The molecule has 19 heavy (non-hydrogen) atoms. The zero-order chi connectivity index (χ0) is 13.2. The highest BCUT2D eigenvalue weighted by Crippen LogP contribution is 2.29. The van der Waals surface area contributed by atoms with Crippen LogP contribution in [0.4, 0.5) is 0 Å². The maximum absolute atomic E-state index is 5.55. The summed E-state index contributed by atoms with van der Waals surface area (Å²) in [6.07, 6.45) is 5.97. The van der Waals surface area contributed by atoms with Gasteiger partial charge in [-0.15, -0.1) is 0 Å². The summed E-state index contributed by atoms with van der Waals surface area (Å²) in [5.74, 6) is 1.04. The summed E-state index contributed by atoms with van der Waals surface area (Å²) in [7, 11) is 3.95. The van der Waals surface area contributed by atoms with Gasteiger partial charge < -0.3 is 10.1 Å². The fraction of sp³-hybridized carbons (Fsp3) is 0.400. The molecule has 2 heterocycles. The summed E-state index contributed by atoms with van der Waals surface area (Å²) >= 11 is 0. The maximum atomic E-state index is 5.55. The van der Waals surface area contributed by atoms with Crippen molar-refractivity contribution in [3.8, 4) is 5.75 Å². The highest BCUT2D eigenvalue weighted by Gasteiger charge is 2.16. The highest BCUT2D eigenvalue weighted by atomic mass is 16.5. The minimum Gasteiger partial charge on any atom is -0.493 e. The van der Waals surface area contributed by atoms with Gasteiger partial charge in [-0.25, -0.2) is 0 Å². The summed E-state index contributed by atoms with van der Waals surface area (Å²) in [5.41, 5.74) is 3.89. The zero-order valence-electron chi connectivity index (χ0n) is 11.4. The molecule has 0 spiro atoms. The van der Waals surface area contributed by atoms with Gasteiger partial charge in [0, 0.05) is 25.7 Å². The molecule has 3 rings (SSSR count). The molecule has 4 nitrogen and oxygen atoms in total. The molecule has 1 atom stereocenters. The van der Waals surface area contributed by atoms with Gasteiger partial charge in [-0.2, -0.15) is 5.10 Å². The number of rotatable bonds is 4. The molecule has 1 unspecified atom stereocenters. The van der Waals surface area contributed by atoms with Crippen LogP contribution in [0.15, 0.2) is 30.6 Å². The lowest BCUT2D eigenvalue weighted by atomic mass is 9.98. The molecule has 0 radical (unpaired) electrons. The summed E-state index contributed by atoms with van der Waals surface area (Å²) in [4.78, 5) is 0. The van der Waals surface area contributed by atoms with Crippen LogP contribution in [-0.2, 0) is 19.9 Å². The van der Waals surface area contributed by atoms with Crippen molar-refractivity contribution in [3.05, 3.63) is 47.3 Å². The fourth-order valence-corrected chi connectivity index (χ4v) is 2.62. The van der Waals surface area contributed by atoms with Crippen molar-refractivity contribution >= 4 is 0 Å². The first-order valence-electron chi connectivity index (χ1n) is 6.66. The quantitative estimate of drug-likeness (QED) is 0.908. The van der Waals surface area contributed by atoms with Crippen LogP contribution in [0.5, 0.6) is 5.75 Å². The Morgan fingerprint density at radius 3 is 3.11 bits per heavy atom. The molecule has 4 heteroatoms. The largest absolute Gasteiger partial charge is 0.493 e. The number of benzene rings is 1. The maximum Gasteiger partial charge on any atom is 0.122 e. The summed E-state index contributed by atoms with van der Waals surface area (Å²) in [6.45, 7) is 0.811. The van der Waals surface area contributed by atoms with Crippen LogP contribution >= 0.6 is 0 Å². The number of ether oxygens (including phenoxy) is 1. The number of likely N-dealkylation sites (N-methyl/N-ethyl adjacent to an activating group) is 1. The predicted molar refractivity (Wildman–Crippen MR) is 74.4 cm³/mol. The second-order valence-electron chi connectivity index (χ2n) is 5.03. The van der Waals surface area contributed by atoms with Gasteiger partial charge in [0.05, 0.1) is 12.8 Å². The molecule has 0 aliphatic carbocycles. The van der Waals surface area contributed by atoms with Gasteiger partial charge in [0.15, 0.2) is 0 Å². The summed E-state index contributed by atoms with van der Waals surface area (Å²) in [6, 6.07) is 6.82. The molecule has 1 aliphatic rings. The average Bonchev–Trinajstić information content (AvgIpc) is 3.03. The molecule has 1 aliphatic heterocycles. The standard InChI is InChI=1S/C15H19N3O/c1-16-14(7-11-9-17-18(2)10-11)12-3-4-15-13(8-12)5-6-19-15/h3-4,8-10,14,16H,5-7H2,1-2H3. The molecule has 1 aromatic heterocycles. The Morgan fingerprint density at radius 1 is 1.47 bits per heavy atom. The zero-order valence-corrected chi connectivity index (χ0v) is 11.4. The summed E-state index contributed by atoms with van der Waals surface area (Å²) in [5, 5.41) is 7.61. The van der Waals surface area contributed by atoms with Crippen LogP contribution in [0.3, 0.4) is 0 Å². The van der Waals surface area contributed by atoms with Gasteiger partial charge in [0.1, 0.15) is 5.75 Å². The van der Waals surface area contributed by atoms with Crippen molar-refractivity contribution in [2.75, 3.05) is 13.7 Å². The van der Waals surface area contributed by atoms with Crippen molar-refractivity contribution < 1.29 is 4.74 Å². The van der Waals surface area contributed by atoms with Crippen LogP contribution in [0.1, 0.15) is 22.7 Å². The van der Waals surface area contributed by atoms with E-state index in [4.69, 9.17) is 4.74 Å². The minimum atomic E-state index is 0.315.